The summed E-state index contributed by atoms with van der Waals surface area (Å²) >= 11 is 0. The fraction of sp³-hybridized carbons (Fsp3) is 0.600. The molecule has 0 aliphatic heterocycles. The third kappa shape index (κ3) is 1.62. The van der Waals surface area contributed by atoms with Gasteiger partial charge in [-0.15, -0.1) is 0 Å². The molecular formula is C5H10N4O2S. The number of aromatic nitrogens is 3. The Labute approximate surface area is 70.5 Å². The van der Waals surface area contributed by atoms with Gasteiger partial charge in [-0.3, -0.25) is 0 Å². The maximum Gasteiger partial charge on any atom is 0.273 e. The Morgan fingerprint density at radius 1 is 1.58 bits per heavy atom. The van der Waals surface area contributed by atoms with Crippen molar-refractivity contribution in [2.24, 2.45) is 5.14 Å². The van der Waals surface area contributed by atoms with Crippen molar-refractivity contribution < 1.29 is 8.42 Å². The van der Waals surface area contributed by atoms with Crippen LogP contribution in [0.15, 0.2) is 11.5 Å². The molecule has 2 N–H and O–H groups in total. The van der Waals surface area contributed by atoms with Gasteiger partial charge >= 0.3 is 0 Å². The molecule has 12 heavy (non-hydrogen) atoms. The molecule has 68 valence electrons. The van der Waals surface area contributed by atoms with Crippen LogP contribution in [0.25, 0.3) is 0 Å². The van der Waals surface area contributed by atoms with E-state index in [1.165, 1.54) is 11.0 Å². The molecule has 0 spiro atoms. The number of nitrogens with zero attached hydrogens (tertiary/aromatic N) is 3. The Balaban J connectivity index is 3.26. The minimum absolute atomic E-state index is 0.0687. The Bertz CT molecular complexity index is 367. The minimum Gasteiger partial charge on any atom is -0.233 e. The quantitative estimate of drug-likeness (QED) is 0.681. The molecule has 0 saturated heterocycles. The van der Waals surface area contributed by atoms with E-state index in [1.807, 2.05) is 0 Å². The Morgan fingerprint density at radius 2 is 2.17 bits per heavy atom. The monoisotopic (exact) mass is 190 g/mol. The van der Waals surface area contributed by atoms with E-state index in [0.29, 0.717) is 0 Å². The highest BCUT2D eigenvalue weighted by molar-refractivity contribution is 7.89. The molecule has 6 nitrogen and oxygen atoms in total. The van der Waals surface area contributed by atoms with Crippen LogP contribution in [0.3, 0.4) is 0 Å². The van der Waals surface area contributed by atoms with Crippen LogP contribution in [-0.2, 0) is 10.0 Å². The fourth-order valence-corrected chi connectivity index (χ4v) is 1.51. The van der Waals surface area contributed by atoms with Gasteiger partial charge < -0.3 is 0 Å². The molecule has 1 rings (SSSR count). The van der Waals surface area contributed by atoms with Crippen molar-refractivity contribution in [3.05, 3.63) is 6.33 Å². The van der Waals surface area contributed by atoms with Crippen LogP contribution < -0.4 is 5.14 Å². The lowest BCUT2D eigenvalue weighted by Gasteiger charge is -2.06. The van der Waals surface area contributed by atoms with Crippen LogP contribution in [-0.4, -0.2) is 23.2 Å². The summed E-state index contributed by atoms with van der Waals surface area (Å²) in [4.78, 5) is 3.55. The summed E-state index contributed by atoms with van der Waals surface area (Å²) in [6.45, 7) is 3.59. The lowest BCUT2D eigenvalue weighted by molar-refractivity contribution is 0.471. The van der Waals surface area contributed by atoms with Crippen LogP contribution in [0.4, 0.5) is 0 Å². The van der Waals surface area contributed by atoms with Crippen LogP contribution in [0, 0.1) is 0 Å². The van der Waals surface area contributed by atoms with E-state index in [4.69, 9.17) is 5.14 Å². The number of rotatable bonds is 2. The molecular weight excluding hydrogens is 180 g/mol. The highest BCUT2D eigenvalue weighted by Gasteiger charge is 2.17. The normalized spacial score (nSPS) is 12.3. The zero-order chi connectivity index (χ0) is 9.35. The van der Waals surface area contributed by atoms with Crippen LogP contribution in [0.2, 0.25) is 0 Å². The van der Waals surface area contributed by atoms with Crippen LogP contribution >= 0.6 is 0 Å². The molecule has 0 fully saturated rings. The van der Waals surface area contributed by atoms with E-state index in [1.54, 1.807) is 13.8 Å². The molecule has 0 radical (unpaired) electrons. The van der Waals surface area contributed by atoms with Gasteiger partial charge in [0.1, 0.15) is 6.33 Å². The van der Waals surface area contributed by atoms with E-state index < -0.39 is 10.0 Å². The van der Waals surface area contributed by atoms with Gasteiger partial charge in [-0.1, -0.05) is 0 Å². The number of hydrogen-bond acceptors (Lipinski definition) is 4. The summed E-state index contributed by atoms with van der Waals surface area (Å²) in [5.74, 6) is 0. The summed E-state index contributed by atoms with van der Waals surface area (Å²) in [5.41, 5.74) is 0. The van der Waals surface area contributed by atoms with E-state index in [-0.39, 0.29) is 11.2 Å². The maximum atomic E-state index is 10.9. The first-order valence-electron chi connectivity index (χ1n) is 3.35. The van der Waals surface area contributed by atoms with E-state index in [2.05, 4.69) is 10.1 Å². The molecule has 7 heteroatoms. The van der Waals surface area contributed by atoms with E-state index >= 15 is 0 Å². The molecule has 0 atom stereocenters. The van der Waals surface area contributed by atoms with Gasteiger partial charge in [-0.2, -0.15) is 5.10 Å². The molecule has 0 amide bonds. The van der Waals surface area contributed by atoms with Crippen molar-refractivity contribution >= 4 is 10.0 Å². The van der Waals surface area contributed by atoms with Crippen molar-refractivity contribution in [1.82, 2.24) is 14.8 Å². The average molecular weight is 190 g/mol. The topological polar surface area (TPSA) is 90.9 Å². The van der Waals surface area contributed by atoms with Gasteiger partial charge in [0.15, 0.2) is 0 Å². The third-order valence-corrected chi connectivity index (χ3v) is 2.09. The van der Waals surface area contributed by atoms with Crippen LogP contribution in [0.1, 0.15) is 19.9 Å². The lowest BCUT2D eigenvalue weighted by Crippen LogP contribution is -2.20. The second kappa shape index (κ2) is 2.83. The van der Waals surface area contributed by atoms with Crippen LogP contribution in [0.5, 0.6) is 0 Å². The summed E-state index contributed by atoms with van der Waals surface area (Å²) in [6.07, 6.45) is 1.17. The minimum atomic E-state index is -3.75. The first-order valence-corrected chi connectivity index (χ1v) is 4.90. The highest BCUT2D eigenvalue weighted by atomic mass is 32.2. The Kier molecular flexibility index (Phi) is 2.16. The smallest absolute Gasteiger partial charge is 0.233 e. The first-order chi connectivity index (χ1) is 5.43. The number of primary sulfonamides is 1. The number of nitrogens with two attached hydrogens (primary N) is 1. The third-order valence-electron chi connectivity index (χ3n) is 1.28. The molecule has 1 heterocycles. The second-order valence-corrected chi connectivity index (χ2v) is 4.08. The fourth-order valence-electron chi connectivity index (χ4n) is 0.797. The zero-order valence-corrected chi connectivity index (χ0v) is 7.61. The maximum absolute atomic E-state index is 10.9. The Hall–Kier alpha value is -0.950. The average Bonchev–Trinajstić information content (AvgIpc) is 2.30. The van der Waals surface area contributed by atoms with Gasteiger partial charge in [-0.25, -0.2) is 23.2 Å². The molecule has 0 aromatic carbocycles. The van der Waals surface area contributed by atoms with Crippen molar-refractivity contribution in [3.63, 3.8) is 0 Å². The van der Waals surface area contributed by atoms with E-state index in [0.717, 1.165) is 0 Å². The standard InChI is InChI=1S/C5H10N4O2S/c1-4(2)9-5(7-3-8-9)12(6,10)11/h3-4H,1-2H3,(H2,6,10,11). The predicted molar refractivity (Wildman–Crippen MR) is 41.8 cm³/mol. The lowest BCUT2D eigenvalue weighted by atomic mass is 10.4. The second-order valence-electron chi connectivity index (χ2n) is 2.63. The first kappa shape index (κ1) is 9.14. The Morgan fingerprint density at radius 3 is 2.50 bits per heavy atom. The summed E-state index contributed by atoms with van der Waals surface area (Å²) in [6, 6.07) is -0.0687. The predicted octanol–water partition coefficient (Wildman–Crippen LogP) is -0.494. The SMILES string of the molecule is CC(C)n1ncnc1S(N)(=O)=O. The molecule has 0 bridgehead atoms. The zero-order valence-electron chi connectivity index (χ0n) is 6.80. The van der Waals surface area contributed by atoms with Crippen molar-refractivity contribution in [3.8, 4) is 0 Å². The largest absolute Gasteiger partial charge is 0.273 e. The summed E-state index contributed by atoms with van der Waals surface area (Å²) < 4.78 is 23.0. The van der Waals surface area contributed by atoms with Gasteiger partial charge in [0.05, 0.1) is 0 Å². The van der Waals surface area contributed by atoms with Gasteiger partial charge in [0, 0.05) is 6.04 Å². The highest BCUT2D eigenvalue weighted by Crippen LogP contribution is 2.08. The van der Waals surface area contributed by atoms with E-state index in [9.17, 15) is 8.42 Å². The van der Waals surface area contributed by atoms with Gasteiger partial charge in [-0.05, 0) is 13.8 Å². The van der Waals surface area contributed by atoms with Crippen molar-refractivity contribution in [1.29, 1.82) is 0 Å². The van der Waals surface area contributed by atoms with Crippen molar-refractivity contribution in [2.75, 3.05) is 0 Å². The number of sulfonamides is 1. The number of hydrogen-bond donors (Lipinski definition) is 1. The molecule has 0 aliphatic rings. The summed E-state index contributed by atoms with van der Waals surface area (Å²) in [5, 5.41) is 8.42. The molecule has 1 aromatic rings. The molecule has 0 aliphatic carbocycles. The molecule has 0 unspecified atom stereocenters. The summed E-state index contributed by atoms with van der Waals surface area (Å²) in [7, 11) is -3.75. The molecule has 1 aromatic heterocycles. The van der Waals surface area contributed by atoms with Crippen molar-refractivity contribution in [2.45, 2.75) is 25.0 Å². The van der Waals surface area contributed by atoms with Gasteiger partial charge in [0.2, 0.25) is 0 Å². The molecule has 0 saturated carbocycles. The van der Waals surface area contributed by atoms with Gasteiger partial charge in [0.25, 0.3) is 15.2 Å².